The molecule has 0 fully saturated rings. The summed E-state index contributed by atoms with van der Waals surface area (Å²) in [5, 5.41) is 19.1. The van der Waals surface area contributed by atoms with E-state index in [0.717, 1.165) is 20.8 Å². The van der Waals surface area contributed by atoms with Gasteiger partial charge in [0.25, 0.3) is 0 Å². The second kappa shape index (κ2) is 6.77. The van der Waals surface area contributed by atoms with Gasteiger partial charge in [-0.05, 0) is 36.4 Å². The Labute approximate surface area is 157 Å². The minimum Gasteiger partial charge on any atom is -0.481 e. The third-order valence-electron chi connectivity index (χ3n) is 4.24. The molecule has 6 nitrogen and oxygen atoms in total. The first kappa shape index (κ1) is 17.1. The highest BCUT2D eigenvalue weighted by molar-refractivity contribution is 7.21. The smallest absolute Gasteiger partial charge is 0.335 e. The Balaban J connectivity index is 1.79. The van der Waals surface area contributed by atoms with Crippen molar-refractivity contribution in [3.63, 3.8) is 0 Å². The first-order valence-corrected chi connectivity index (χ1v) is 9.04. The van der Waals surface area contributed by atoms with E-state index in [1.54, 1.807) is 17.4 Å². The molecular weight excluding hydrogens is 364 g/mol. The number of rotatable bonds is 3. The van der Waals surface area contributed by atoms with Crippen LogP contribution in [0, 0.1) is 5.92 Å². The average Bonchev–Trinajstić information content (AvgIpc) is 2.66. The molecule has 7 heteroatoms. The van der Waals surface area contributed by atoms with Gasteiger partial charge in [-0.1, -0.05) is 18.2 Å². The predicted molar refractivity (Wildman–Crippen MR) is 101 cm³/mol. The number of carboxylic acid groups (broad SMARTS) is 2. The van der Waals surface area contributed by atoms with Crippen molar-refractivity contribution in [2.45, 2.75) is 6.42 Å². The minimum absolute atomic E-state index is 0.0522. The zero-order valence-corrected chi connectivity index (χ0v) is 14.8. The van der Waals surface area contributed by atoms with Crippen LogP contribution in [0.5, 0.6) is 0 Å². The summed E-state index contributed by atoms with van der Waals surface area (Å²) in [7, 11) is 0. The summed E-state index contributed by atoms with van der Waals surface area (Å²) in [6.45, 7) is 0. The molecule has 0 spiro atoms. The Morgan fingerprint density at radius 3 is 2.74 bits per heavy atom. The highest BCUT2D eigenvalue weighted by Crippen LogP contribution is 2.29. The number of carbonyl (C=O) groups is 2. The lowest BCUT2D eigenvalue weighted by Crippen LogP contribution is -2.18. The summed E-state index contributed by atoms with van der Waals surface area (Å²) >= 11 is 1.60. The van der Waals surface area contributed by atoms with Gasteiger partial charge in [-0.2, -0.15) is 0 Å². The number of hydrogen-bond acceptors (Lipinski definition) is 5. The molecular formula is C20H14N2O4S. The molecule has 0 saturated heterocycles. The molecule has 1 aromatic rings. The Hall–Kier alpha value is -3.32. The zero-order valence-electron chi connectivity index (χ0n) is 14.0. The van der Waals surface area contributed by atoms with Crippen LogP contribution in [0.3, 0.4) is 0 Å². The molecule has 1 aromatic carbocycles. The van der Waals surface area contributed by atoms with E-state index in [-0.39, 0.29) is 12.0 Å². The number of para-hydroxylation sites is 1. The van der Waals surface area contributed by atoms with Crippen molar-refractivity contribution in [2.24, 2.45) is 10.9 Å². The molecule has 1 aliphatic heterocycles. The van der Waals surface area contributed by atoms with Crippen molar-refractivity contribution >= 4 is 33.5 Å². The molecule has 0 bridgehead atoms. The second-order valence-corrected chi connectivity index (χ2v) is 7.24. The number of benzene rings is 2. The van der Waals surface area contributed by atoms with Crippen molar-refractivity contribution < 1.29 is 19.8 Å². The van der Waals surface area contributed by atoms with Crippen molar-refractivity contribution in [1.29, 1.82) is 0 Å². The van der Waals surface area contributed by atoms with Crippen LogP contribution in [0.15, 0.2) is 70.9 Å². The SMILES string of the molecule is O=C(O)C1=CC(C(=O)O)CC(N=c2ccc3nc4ccccc4sc-3c2)=C1. The number of aliphatic carboxylic acids is 2. The number of nitrogens with zero attached hydrogens (tertiary/aromatic N) is 2. The number of allylic oxidation sites excluding steroid dienone is 1. The van der Waals surface area contributed by atoms with E-state index in [2.05, 4.69) is 9.98 Å². The van der Waals surface area contributed by atoms with Gasteiger partial charge >= 0.3 is 11.9 Å². The van der Waals surface area contributed by atoms with Crippen molar-refractivity contribution in [3.8, 4) is 10.6 Å². The number of aromatic nitrogens is 1. The summed E-state index contributed by atoms with van der Waals surface area (Å²) in [6.07, 6.45) is 2.83. The summed E-state index contributed by atoms with van der Waals surface area (Å²) in [5.41, 5.74) is 2.16. The number of fused-ring (bicyclic) bond motifs is 2. The Kier molecular flexibility index (Phi) is 4.29. The van der Waals surface area contributed by atoms with Gasteiger partial charge in [-0.3, -0.25) is 9.79 Å². The zero-order chi connectivity index (χ0) is 19.0. The van der Waals surface area contributed by atoms with Crippen LogP contribution in [0.4, 0.5) is 0 Å². The topological polar surface area (TPSA) is 99.8 Å². The van der Waals surface area contributed by atoms with E-state index >= 15 is 0 Å². The summed E-state index contributed by atoms with van der Waals surface area (Å²) in [6, 6.07) is 13.4. The molecule has 4 rings (SSSR count). The molecule has 0 amide bonds. The van der Waals surface area contributed by atoms with Gasteiger partial charge < -0.3 is 10.2 Å². The first-order chi connectivity index (χ1) is 13.0. The molecule has 1 unspecified atom stereocenters. The average molecular weight is 378 g/mol. The lowest BCUT2D eigenvalue weighted by Gasteiger charge is -2.14. The first-order valence-electron chi connectivity index (χ1n) is 8.22. The maximum atomic E-state index is 11.3. The van der Waals surface area contributed by atoms with Crippen LogP contribution in [0.25, 0.3) is 20.8 Å². The number of carboxylic acids is 2. The Morgan fingerprint density at radius 2 is 1.96 bits per heavy atom. The van der Waals surface area contributed by atoms with E-state index in [9.17, 15) is 19.8 Å². The van der Waals surface area contributed by atoms with Gasteiger partial charge in [-0.15, -0.1) is 11.3 Å². The van der Waals surface area contributed by atoms with Crippen LogP contribution in [-0.4, -0.2) is 27.1 Å². The maximum Gasteiger partial charge on any atom is 0.335 e. The Bertz CT molecular complexity index is 1180. The van der Waals surface area contributed by atoms with Gasteiger partial charge in [0, 0.05) is 12.1 Å². The molecule has 1 atom stereocenters. The quantitative estimate of drug-likeness (QED) is 0.681. The molecule has 134 valence electrons. The maximum absolute atomic E-state index is 11.3. The standard InChI is InChI=1S/C20H14N2O4S/c23-19(24)11-7-12(20(25)26)9-14(8-11)21-13-5-6-16-18(10-13)27-17-4-2-1-3-15(17)22-16/h1-8,10,12H,9H2,(H,23,24)(H,25,26). The molecule has 2 N–H and O–H groups in total. The third kappa shape index (κ3) is 3.50. The van der Waals surface area contributed by atoms with Gasteiger partial charge in [0.15, 0.2) is 0 Å². The molecule has 27 heavy (non-hydrogen) atoms. The number of hydrogen-bond donors (Lipinski definition) is 2. The van der Waals surface area contributed by atoms with E-state index in [1.165, 1.54) is 12.2 Å². The van der Waals surface area contributed by atoms with E-state index in [0.29, 0.717) is 11.1 Å². The largest absolute Gasteiger partial charge is 0.481 e. The lowest BCUT2D eigenvalue weighted by molar-refractivity contribution is -0.140. The summed E-state index contributed by atoms with van der Waals surface area (Å²) in [5.74, 6) is -3.12. The van der Waals surface area contributed by atoms with E-state index in [4.69, 9.17) is 0 Å². The van der Waals surface area contributed by atoms with Crippen molar-refractivity contribution in [3.05, 3.63) is 71.2 Å². The highest BCUT2D eigenvalue weighted by atomic mass is 32.1. The van der Waals surface area contributed by atoms with Crippen LogP contribution in [0.2, 0.25) is 0 Å². The van der Waals surface area contributed by atoms with Crippen LogP contribution in [-0.2, 0) is 9.59 Å². The van der Waals surface area contributed by atoms with Crippen LogP contribution in [0.1, 0.15) is 6.42 Å². The molecule has 2 aliphatic carbocycles. The Morgan fingerprint density at radius 1 is 1.15 bits per heavy atom. The van der Waals surface area contributed by atoms with Gasteiger partial charge in [0.05, 0.1) is 37.6 Å². The van der Waals surface area contributed by atoms with Crippen LogP contribution < -0.4 is 5.36 Å². The fraction of sp³-hybridized carbons (Fsp3) is 0.100. The monoisotopic (exact) mass is 378 g/mol. The fourth-order valence-corrected chi connectivity index (χ4v) is 3.95. The lowest BCUT2D eigenvalue weighted by atomic mass is 9.94. The van der Waals surface area contributed by atoms with Crippen LogP contribution >= 0.6 is 11.3 Å². The fourth-order valence-electron chi connectivity index (χ4n) is 2.95. The molecule has 3 aliphatic rings. The molecule has 0 aromatic heterocycles. The normalized spacial score (nSPS) is 17.6. The minimum atomic E-state index is -1.16. The molecule has 0 radical (unpaired) electrons. The van der Waals surface area contributed by atoms with Gasteiger partial charge in [-0.25, -0.2) is 9.78 Å². The van der Waals surface area contributed by atoms with E-state index < -0.39 is 17.9 Å². The van der Waals surface area contributed by atoms with Crippen molar-refractivity contribution in [1.82, 2.24) is 4.98 Å². The highest BCUT2D eigenvalue weighted by Gasteiger charge is 2.23. The molecule has 0 saturated carbocycles. The molecule has 1 heterocycles. The van der Waals surface area contributed by atoms with Gasteiger partial charge in [0.2, 0.25) is 0 Å². The van der Waals surface area contributed by atoms with E-state index in [1.807, 2.05) is 36.4 Å². The van der Waals surface area contributed by atoms with Gasteiger partial charge in [0.1, 0.15) is 0 Å². The summed E-state index contributed by atoms with van der Waals surface area (Å²) in [4.78, 5) is 32.6. The van der Waals surface area contributed by atoms with Crippen molar-refractivity contribution in [2.75, 3.05) is 0 Å². The third-order valence-corrected chi connectivity index (χ3v) is 5.35. The predicted octanol–water partition coefficient (Wildman–Crippen LogP) is 3.30. The summed E-state index contributed by atoms with van der Waals surface area (Å²) < 4.78 is 1.06. The second-order valence-electron chi connectivity index (χ2n) is 6.16.